The van der Waals surface area contributed by atoms with Crippen molar-refractivity contribution in [1.29, 1.82) is 0 Å². The highest BCUT2D eigenvalue weighted by atomic mass is 35.7. The Morgan fingerprint density at radius 2 is 1.71 bits per heavy atom. The van der Waals surface area contributed by atoms with Crippen LogP contribution in [0.5, 0.6) is 0 Å². The Hall–Kier alpha value is -2.12. The van der Waals surface area contributed by atoms with Crippen molar-refractivity contribution in [3.05, 3.63) is 60.3 Å². The highest BCUT2D eigenvalue weighted by molar-refractivity contribution is 8.13. The van der Waals surface area contributed by atoms with E-state index in [1.54, 1.807) is 6.07 Å². The van der Waals surface area contributed by atoms with Crippen molar-refractivity contribution in [3.8, 4) is 11.1 Å². The maximum absolute atomic E-state index is 12.8. The Balaban J connectivity index is 2.14. The fourth-order valence-electron chi connectivity index (χ4n) is 2.29. The third-order valence-corrected chi connectivity index (χ3v) is 4.81. The number of pyridine rings is 1. The molecule has 0 aliphatic rings. The molecular weight excluding hydrogens is 363 g/mol. The largest absolute Gasteiger partial charge is 0.416 e. The molecule has 0 bridgehead atoms. The molecule has 3 rings (SSSR count). The van der Waals surface area contributed by atoms with Crippen molar-refractivity contribution in [1.82, 2.24) is 4.98 Å². The minimum atomic E-state index is -4.44. The summed E-state index contributed by atoms with van der Waals surface area (Å²) in [5.74, 6) is 0. The molecule has 0 saturated carbocycles. The molecule has 8 heteroatoms. The van der Waals surface area contributed by atoms with Crippen LogP contribution < -0.4 is 0 Å². The lowest BCUT2D eigenvalue weighted by atomic mass is 10.0. The van der Waals surface area contributed by atoms with E-state index >= 15 is 0 Å². The van der Waals surface area contributed by atoms with Crippen LogP contribution in [0.1, 0.15) is 5.56 Å². The first-order valence-electron chi connectivity index (χ1n) is 6.67. The second kappa shape index (κ2) is 5.75. The number of fused-ring (bicyclic) bond motifs is 1. The van der Waals surface area contributed by atoms with E-state index in [1.807, 2.05) is 0 Å². The van der Waals surface area contributed by atoms with Gasteiger partial charge in [0.25, 0.3) is 9.05 Å². The maximum Gasteiger partial charge on any atom is 0.416 e. The summed E-state index contributed by atoms with van der Waals surface area (Å²) in [6.45, 7) is 0. The first kappa shape index (κ1) is 16.7. The van der Waals surface area contributed by atoms with E-state index in [4.69, 9.17) is 10.7 Å². The highest BCUT2D eigenvalue weighted by Gasteiger charge is 2.30. The molecule has 3 aromatic rings. The molecule has 2 aromatic carbocycles. The van der Waals surface area contributed by atoms with Crippen LogP contribution in [0.4, 0.5) is 13.2 Å². The number of hydrogen-bond acceptors (Lipinski definition) is 3. The Bertz CT molecular complexity index is 1030. The maximum atomic E-state index is 12.8. The van der Waals surface area contributed by atoms with Crippen LogP contribution in [-0.2, 0) is 15.2 Å². The van der Waals surface area contributed by atoms with E-state index in [1.165, 1.54) is 36.5 Å². The standard InChI is InChI=1S/C16H9ClF3NO2S/c17-24(22,23)14-4-5-15-11(8-14)6-12(9-21-15)10-2-1-3-13(7-10)16(18,19)20/h1-9H. The zero-order valence-corrected chi connectivity index (χ0v) is 13.5. The summed E-state index contributed by atoms with van der Waals surface area (Å²) in [6, 6.07) is 10.6. The van der Waals surface area contributed by atoms with Crippen molar-refractivity contribution >= 4 is 30.6 Å². The average molecular weight is 372 g/mol. The van der Waals surface area contributed by atoms with E-state index in [-0.39, 0.29) is 4.90 Å². The van der Waals surface area contributed by atoms with Gasteiger partial charge in [0.2, 0.25) is 0 Å². The van der Waals surface area contributed by atoms with E-state index in [0.29, 0.717) is 22.0 Å². The lowest BCUT2D eigenvalue weighted by molar-refractivity contribution is -0.137. The number of rotatable bonds is 2. The van der Waals surface area contributed by atoms with E-state index in [0.717, 1.165) is 12.1 Å². The number of aromatic nitrogens is 1. The predicted molar refractivity (Wildman–Crippen MR) is 85.2 cm³/mol. The van der Waals surface area contributed by atoms with Gasteiger partial charge in [-0.15, -0.1) is 0 Å². The minimum absolute atomic E-state index is 0.0975. The van der Waals surface area contributed by atoms with E-state index < -0.39 is 20.8 Å². The topological polar surface area (TPSA) is 47.0 Å². The molecule has 0 fully saturated rings. The van der Waals surface area contributed by atoms with Crippen LogP contribution in [0.3, 0.4) is 0 Å². The summed E-state index contributed by atoms with van der Waals surface area (Å²) < 4.78 is 61.3. The average Bonchev–Trinajstić information content (AvgIpc) is 2.52. The third kappa shape index (κ3) is 3.37. The van der Waals surface area contributed by atoms with Gasteiger partial charge >= 0.3 is 6.18 Å². The molecule has 0 saturated heterocycles. The van der Waals surface area contributed by atoms with Gasteiger partial charge in [-0.3, -0.25) is 4.98 Å². The van der Waals surface area contributed by atoms with Gasteiger partial charge in [-0.05, 0) is 42.0 Å². The van der Waals surface area contributed by atoms with Gasteiger partial charge in [-0.1, -0.05) is 12.1 Å². The van der Waals surface area contributed by atoms with Gasteiger partial charge < -0.3 is 0 Å². The second-order valence-corrected chi connectivity index (χ2v) is 7.66. The summed E-state index contributed by atoms with van der Waals surface area (Å²) >= 11 is 0. The molecule has 0 spiro atoms. The Kier molecular flexibility index (Phi) is 4.01. The molecule has 0 aliphatic carbocycles. The molecule has 0 N–H and O–H groups in total. The molecule has 24 heavy (non-hydrogen) atoms. The lowest BCUT2D eigenvalue weighted by Crippen LogP contribution is -2.04. The monoisotopic (exact) mass is 371 g/mol. The molecule has 0 atom stereocenters. The fourth-order valence-corrected chi connectivity index (χ4v) is 3.08. The van der Waals surface area contributed by atoms with E-state index in [9.17, 15) is 21.6 Å². The molecule has 1 heterocycles. The zero-order valence-electron chi connectivity index (χ0n) is 11.9. The quantitative estimate of drug-likeness (QED) is 0.605. The van der Waals surface area contributed by atoms with Gasteiger partial charge in [-0.25, -0.2) is 8.42 Å². The molecule has 1 aromatic heterocycles. The fraction of sp³-hybridized carbons (Fsp3) is 0.0625. The van der Waals surface area contributed by atoms with E-state index in [2.05, 4.69) is 4.98 Å². The third-order valence-electron chi connectivity index (χ3n) is 3.46. The van der Waals surface area contributed by atoms with Crippen molar-refractivity contribution in [2.24, 2.45) is 0 Å². The number of nitrogens with zero attached hydrogens (tertiary/aromatic N) is 1. The van der Waals surface area contributed by atoms with Gasteiger partial charge in [0.05, 0.1) is 16.0 Å². The molecule has 124 valence electrons. The van der Waals surface area contributed by atoms with Crippen molar-refractivity contribution in [2.45, 2.75) is 11.1 Å². The Morgan fingerprint density at radius 1 is 0.958 bits per heavy atom. The van der Waals surface area contributed by atoms with Crippen LogP contribution in [0, 0.1) is 0 Å². The normalized spacial score (nSPS) is 12.5. The molecule has 0 amide bonds. The summed E-state index contributed by atoms with van der Waals surface area (Å²) in [6.07, 6.45) is -3.01. The van der Waals surface area contributed by atoms with Gasteiger partial charge in [0.1, 0.15) is 0 Å². The lowest BCUT2D eigenvalue weighted by Gasteiger charge is -2.09. The van der Waals surface area contributed by atoms with Crippen LogP contribution in [0.25, 0.3) is 22.0 Å². The summed E-state index contributed by atoms with van der Waals surface area (Å²) in [7, 11) is 1.41. The number of benzene rings is 2. The second-order valence-electron chi connectivity index (χ2n) is 5.09. The smallest absolute Gasteiger partial charge is 0.256 e. The number of hydrogen-bond donors (Lipinski definition) is 0. The van der Waals surface area contributed by atoms with Crippen LogP contribution in [0.15, 0.2) is 59.6 Å². The van der Waals surface area contributed by atoms with Gasteiger partial charge in [0.15, 0.2) is 0 Å². The van der Waals surface area contributed by atoms with Crippen molar-refractivity contribution < 1.29 is 21.6 Å². The molecule has 3 nitrogen and oxygen atoms in total. The zero-order chi connectivity index (χ0) is 17.5. The molecular formula is C16H9ClF3NO2S. The first-order valence-corrected chi connectivity index (χ1v) is 8.98. The molecule has 0 radical (unpaired) electrons. The molecule has 0 aliphatic heterocycles. The van der Waals surface area contributed by atoms with Gasteiger partial charge in [0, 0.05) is 27.8 Å². The summed E-state index contributed by atoms with van der Waals surface area (Å²) in [4.78, 5) is 4.06. The number of halogens is 4. The Labute approximate surface area is 140 Å². The summed E-state index contributed by atoms with van der Waals surface area (Å²) in [5, 5.41) is 0.464. The predicted octanol–water partition coefficient (Wildman–Crippen LogP) is 4.85. The first-order chi connectivity index (χ1) is 11.1. The SMILES string of the molecule is O=S(=O)(Cl)c1ccc2ncc(-c3cccc(C(F)(F)F)c3)cc2c1. The van der Waals surface area contributed by atoms with Gasteiger partial charge in [-0.2, -0.15) is 13.2 Å². The van der Waals surface area contributed by atoms with Crippen LogP contribution in [0.2, 0.25) is 0 Å². The molecule has 0 unspecified atom stereocenters. The number of alkyl halides is 3. The summed E-state index contributed by atoms with van der Waals surface area (Å²) in [5.41, 5.74) is 0.517. The van der Waals surface area contributed by atoms with Crippen LogP contribution >= 0.6 is 10.7 Å². The Morgan fingerprint density at radius 3 is 2.38 bits per heavy atom. The van der Waals surface area contributed by atoms with Crippen molar-refractivity contribution in [3.63, 3.8) is 0 Å². The highest BCUT2D eigenvalue weighted by Crippen LogP contribution is 2.33. The van der Waals surface area contributed by atoms with Crippen molar-refractivity contribution in [2.75, 3.05) is 0 Å². The minimum Gasteiger partial charge on any atom is -0.256 e. The van der Waals surface area contributed by atoms with Crippen LogP contribution in [-0.4, -0.2) is 13.4 Å².